The second-order valence-electron chi connectivity index (χ2n) is 6.86. The molecule has 1 aromatic rings. The van der Waals surface area contributed by atoms with Gasteiger partial charge in [-0.05, 0) is 41.7 Å². The molecule has 0 aliphatic heterocycles. The van der Waals surface area contributed by atoms with Crippen molar-refractivity contribution in [1.29, 1.82) is 0 Å². The van der Waals surface area contributed by atoms with Crippen LogP contribution in [0.25, 0.3) is 0 Å². The molecule has 2 rings (SSSR count). The number of rotatable bonds is 4. The maximum Gasteiger partial charge on any atom is 0.0328 e. The summed E-state index contributed by atoms with van der Waals surface area (Å²) in [7, 11) is 0. The molecule has 2 unspecified atom stereocenters. The van der Waals surface area contributed by atoms with Gasteiger partial charge in [-0.1, -0.05) is 64.3 Å². The van der Waals surface area contributed by atoms with Crippen LogP contribution in [0.5, 0.6) is 0 Å². The number of benzene rings is 1. The first kappa shape index (κ1) is 14.6. The Morgan fingerprint density at radius 3 is 2.47 bits per heavy atom. The topological polar surface area (TPSA) is 26.0 Å². The Labute approximate surface area is 118 Å². The van der Waals surface area contributed by atoms with Gasteiger partial charge < -0.3 is 5.73 Å². The number of nitrogens with two attached hydrogens (primary N) is 1. The molecule has 19 heavy (non-hydrogen) atoms. The van der Waals surface area contributed by atoms with E-state index in [9.17, 15) is 0 Å². The summed E-state index contributed by atoms with van der Waals surface area (Å²) in [5, 5.41) is 0. The van der Waals surface area contributed by atoms with Gasteiger partial charge in [-0.3, -0.25) is 0 Å². The van der Waals surface area contributed by atoms with Crippen molar-refractivity contribution in [2.45, 2.75) is 65.3 Å². The van der Waals surface area contributed by atoms with E-state index in [2.05, 4.69) is 45.0 Å². The van der Waals surface area contributed by atoms with E-state index in [1.165, 1.54) is 49.7 Å². The summed E-state index contributed by atoms with van der Waals surface area (Å²) in [6.45, 7) is 7.01. The molecular weight excluding hydrogens is 230 g/mol. The first-order valence-corrected chi connectivity index (χ1v) is 7.89. The monoisotopic (exact) mass is 259 g/mol. The average Bonchev–Trinajstić information content (AvgIpc) is 2.39. The van der Waals surface area contributed by atoms with Crippen LogP contribution in [0.3, 0.4) is 0 Å². The van der Waals surface area contributed by atoms with E-state index >= 15 is 0 Å². The van der Waals surface area contributed by atoms with Gasteiger partial charge in [0.25, 0.3) is 0 Å². The minimum atomic E-state index is 0.200. The molecule has 106 valence electrons. The fraction of sp³-hybridized carbons (Fsp3) is 0.667. The van der Waals surface area contributed by atoms with Crippen molar-refractivity contribution in [2.75, 3.05) is 0 Å². The highest BCUT2D eigenvalue weighted by molar-refractivity contribution is 5.26. The van der Waals surface area contributed by atoms with E-state index in [1.54, 1.807) is 0 Å². The molecule has 1 nitrogen and oxygen atoms in total. The highest BCUT2D eigenvalue weighted by Crippen LogP contribution is 2.45. The van der Waals surface area contributed by atoms with Gasteiger partial charge in [-0.25, -0.2) is 0 Å². The zero-order valence-corrected chi connectivity index (χ0v) is 12.8. The molecule has 1 fully saturated rings. The fourth-order valence-corrected chi connectivity index (χ4v) is 3.61. The molecule has 0 bridgehead atoms. The third-order valence-corrected chi connectivity index (χ3v) is 4.93. The molecule has 1 aliphatic rings. The second kappa shape index (κ2) is 6.09. The van der Waals surface area contributed by atoms with Gasteiger partial charge in [-0.15, -0.1) is 0 Å². The zero-order valence-electron chi connectivity index (χ0n) is 12.8. The summed E-state index contributed by atoms with van der Waals surface area (Å²) in [5.41, 5.74) is 9.71. The Balaban J connectivity index is 2.11. The average molecular weight is 259 g/mol. The van der Waals surface area contributed by atoms with Crippen molar-refractivity contribution in [3.63, 3.8) is 0 Å². The predicted octanol–water partition coefficient (Wildman–Crippen LogP) is 4.86. The van der Waals surface area contributed by atoms with Gasteiger partial charge in [0.2, 0.25) is 0 Å². The van der Waals surface area contributed by atoms with E-state index < -0.39 is 0 Å². The Hall–Kier alpha value is -0.820. The lowest BCUT2D eigenvalue weighted by Gasteiger charge is -2.42. The lowest BCUT2D eigenvalue weighted by molar-refractivity contribution is 0.112. The van der Waals surface area contributed by atoms with Crippen LogP contribution in [0, 0.1) is 11.3 Å². The molecule has 2 N–H and O–H groups in total. The summed E-state index contributed by atoms with van der Waals surface area (Å²) in [6, 6.07) is 9.22. The fourth-order valence-electron chi connectivity index (χ4n) is 3.61. The standard InChI is InChI=1S/C18H29N/c1-4-7-14-9-11-15(12-10-14)17(19)16-8-5-6-13-18(16,2)3/h9-12,16-17H,4-8,13,19H2,1-3H3. The van der Waals surface area contributed by atoms with E-state index in [0.717, 1.165) is 0 Å². The van der Waals surface area contributed by atoms with Crippen LogP contribution < -0.4 is 5.73 Å². The Morgan fingerprint density at radius 1 is 1.21 bits per heavy atom. The van der Waals surface area contributed by atoms with E-state index in [1.807, 2.05) is 0 Å². The lowest BCUT2D eigenvalue weighted by Crippen LogP contribution is -2.36. The molecule has 0 radical (unpaired) electrons. The summed E-state index contributed by atoms with van der Waals surface area (Å²) >= 11 is 0. The largest absolute Gasteiger partial charge is 0.324 e. The van der Waals surface area contributed by atoms with Crippen LogP contribution >= 0.6 is 0 Å². The summed E-state index contributed by atoms with van der Waals surface area (Å²) in [4.78, 5) is 0. The first-order valence-electron chi connectivity index (χ1n) is 7.89. The lowest BCUT2D eigenvalue weighted by atomic mass is 9.65. The highest BCUT2D eigenvalue weighted by Gasteiger charge is 2.36. The van der Waals surface area contributed by atoms with Crippen molar-refractivity contribution >= 4 is 0 Å². The third-order valence-electron chi connectivity index (χ3n) is 4.93. The molecule has 2 atom stereocenters. The highest BCUT2D eigenvalue weighted by atomic mass is 14.7. The molecule has 0 saturated heterocycles. The van der Waals surface area contributed by atoms with Gasteiger partial charge in [0.15, 0.2) is 0 Å². The van der Waals surface area contributed by atoms with Crippen LogP contribution in [0.15, 0.2) is 24.3 Å². The van der Waals surface area contributed by atoms with Gasteiger partial charge in [0.1, 0.15) is 0 Å². The molecule has 0 amide bonds. The van der Waals surface area contributed by atoms with Crippen molar-refractivity contribution in [3.05, 3.63) is 35.4 Å². The van der Waals surface area contributed by atoms with Crippen molar-refractivity contribution < 1.29 is 0 Å². The first-order chi connectivity index (χ1) is 9.04. The van der Waals surface area contributed by atoms with Gasteiger partial charge in [0.05, 0.1) is 0 Å². The van der Waals surface area contributed by atoms with Crippen LogP contribution in [0.2, 0.25) is 0 Å². The minimum Gasteiger partial charge on any atom is -0.324 e. The summed E-state index contributed by atoms with van der Waals surface area (Å²) < 4.78 is 0. The predicted molar refractivity (Wildman–Crippen MR) is 83.1 cm³/mol. The molecule has 1 saturated carbocycles. The minimum absolute atomic E-state index is 0.200. The van der Waals surface area contributed by atoms with E-state index in [0.29, 0.717) is 11.3 Å². The van der Waals surface area contributed by atoms with Gasteiger partial charge in [-0.2, -0.15) is 0 Å². The van der Waals surface area contributed by atoms with Crippen LogP contribution in [-0.2, 0) is 6.42 Å². The van der Waals surface area contributed by atoms with Crippen LogP contribution in [0.4, 0.5) is 0 Å². The van der Waals surface area contributed by atoms with Crippen molar-refractivity contribution in [2.24, 2.45) is 17.1 Å². The Kier molecular flexibility index (Phi) is 4.67. The maximum absolute atomic E-state index is 6.57. The molecular formula is C18H29N. The number of aryl methyl sites for hydroxylation is 1. The zero-order chi connectivity index (χ0) is 13.9. The normalized spacial score (nSPS) is 24.1. The third kappa shape index (κ3) is 3.39. The molecule has 0 spiro atoms. The molecule has 0 heterocycles. The van der Waals surface area contributed by atoms with Crippen LogP contribution in [-0.4, -0.2) is 0 Å². The molecule has 1 aromatic carbocycles. The quantitative estimate of drug-likeness (QED) is 0.821. The van der Waals surface area contributed by atoms with Gasteiger partial charge >= 0.3 is 0 Å². The van der Waals surface area contributed by atoms with E-state index in [4.69, 9.17) is 5.73 Å². The van der Waals surface area contributed by atoms with Crippen molar-refractivity contribution in [3.8, 4) is 0 Å². The summed E-state index contributed by atoms with van der Waals surface area (Å²) in [6.07, 6.45) is 7.69. The number of hydrogen-bond donors (Lipinski definition) is 1. The van der Waals surface area contributed by atoms with Crippen LogP contribution in [0.1, 0.15) is 70.0 Å². The van der Waals surface area contributed by atoms with E-state index in [-0.39, 0.29) is 6.04 Å². The van der Waals surface area contributed by atoms with Gasteiger partial charge in [0, 0.05) is 6.04 Å². The molecule has 1 heteroatoms. The molecule has 0 aromatic heterocycles. The SMILES string of the molecule is CCCc1ccc(C(N)C2CCCCC2(C)C)cc1. The number of hydrogen-bond acceptors (Lipinski definition) is 1. The summed E-state index contributed by atoms with van der Waals surface area (Å²) in [5.74, 6) is 0.623. The maximum atomic E-state index is 6.57. The van der Waals surface area contributed by atoms with Crippen molar-refractivity contribution in [1.82, 2.24) is 0 Å². The second-order valence-corrected chi connectivity index (χ2v) is 6.86. The smallest absolute Gasteiger partial charge is 0.0328 e. The molecule has 1 aliphatic carbocycles. The Bertz CT molecular complexity index is 391. The Morgan fingerprint density at radius 2 is 1.89 bits per heavy atom.